The highest BCUT2D eigenvalue weighted by molar-refractivity contribution is 7.99. The highest BCUT2D eigenvalue weighted by Gasteiger charge is 2.24. The summed E-state index contributed by atoms with van der Waals surface area (Å²) < 4.78 is 2.44. The van der Waals surface area contributed by atoms with Crippen LogP contribution in [-0.4, -0.2) is 15.0 Å². The number of hydrogen-bond donors (Lipinski definition) is 0. The number of anilines is 3. The average molecular weight is 613 g/mol. The zero-order valence-corrected chi connectivity index (χ0v) is 25.6. The largest absolute Gasteiger partial charge is 0.308 e. The van der Waals surface area contributed by atoms with E-state index in [1.807, 2.05) is 30.0 Å². The first-order valence-corrected chi connectivity index (χ1v) is 16.4. The maximum Gasteiger partial charge on any atom is 0.165 e. The van der Waals surface area contributed by atoms with Crippen LogP contribution in [0.3, 0.4) is 0 Å². The van der Waals surface area contributed by atoms with E-state index in [-0.39, 0.29) is 0 Å². The Bertz CT molecular complexity index is 2320. The van der Waals surface area contributed by atoms with Gasteiger partial charge >= 0.3 is 0 Å². The van der Waals surface area contributed by atoms with Gasteiger partial charge in [-0.25, -0.2) is 15.0 Å². The second kappa shape index (κ2) is 10.7. The summed E-state index contributed by atoms with van der Waals surface area (Å²) in [7, 11) is 0. The van der Waals surface area contributed by atoms with Gasteiger partial charge in [0, 0.05) is 52.3 Å². The minimum atomic E-state index is 0.651. The Labute approximate surface area is 268 Å². The minimum absolute atomic E-state index is 0.651. The molecule has 8 aromatic rings. The number of thiophene rings is 1. The first-order chi connectivity index (χ1) is 22.3. The Kier molecular flexibility index (Phi) is 6.21. The van der Waals surface area contributed by atoms with Gasteiger partial charge in [0.05, 0.1) is 11.4 Å². The van der Waals surface area contributed by atoms with Gasteiger partial charge in [-0.1, -0.05) is 96.7 Å². The number of fused-ring (bicyclic) bond motifs is 5. The Balaban J connectivity index is 1.19. The summed E-state index contributed by atoms with van der Waals surface area (Å²) in [5, 5.41) is 2.48. The van der Waals surface area contributed by atoms with Crippen molar-refractivity contribution in [2.45, 2.75) is 9.79 Å². The molecule has 0 spiro atoms. The second-order valence-corrected chi connectivity index (χ2v) is 13.0. The lowest BCUT2D eigenvalue weighted by molar-refractivity contribution is 1.08. The summed E-state index contributed by atoms with van der Waals surface area (Å²) in [5.74, 6) is 1.99. The fraction of sp³-hybridized carbons (Fsp3) is 0. The van der Waals surface area contributed by atoms with Crippen molar-refractivity contribution in [3.8, 4) is 34.2 Å². The van der Waals surface area contributed by atoms with Gasteiger partial charge in [0.2, 0.25) is 0 Å². The third-order valence-corrected chi connectivity index (χ3v) is 10.5. The van der Waals surface area contributed by atoms with Crippen LogP contribution < -0.4 is 4.90 Å². The van der Waals surface area contributed by atoms with Gasteiger partial charge < -0.3 is 4.90 Å². The molecule has 0 atom stereocenters. The molecule has 3 heterocycles. The molecule has 0 unspecified atom stereocenters. The number of nitrogens with zero attached hydrogens (tertiary/aromatic N) is 4. The van der Waals surface area contributed by atoms with Crippen molar-refractivity contribution in [3.63, 3.8) is 0 Å². The molecule has 6 aromatic carbocycles. The summed E-state index contributed by atoms with van der Waals surface area (Å²) in [6.45, 7) is 0. The van der Waals surface area contributed by atoms with E-state index in [2.05, 4.69) is 132 Å². The van der Waals surface area contributed by atoms with E-state index in [9.17, 15) is 0 Å². The highest BCUT2D eigenvalue weighted by atomic mass is 32.2. The molecule has 4 nitrogen and oxygen atoms in total. The molecule has 0 fully saturated rings. The SMILES string of the molecule is c1ccc(-c2nc(-c3ccc(N4c5ccccc5Sc5ccccc54)cc3)nc(-c3cccc4c3sc3ccccc34)n2)cc1. The fourth-order valence-corrected chi connectivity index (χ4v) is 8.28. The van der Waals surface area contributed by atoms with Crippen LogP contribution in [0.2, 0.25) is 0 Å². The lowest BCUT2D eigenvalue weighted by Crippen LogP contribution is -2.14. The fourth-order valence-electron chi connectivity index (χ4n) is 6.01. The molecule has 212 valence electrons. The molecular weight excluding hydrogens is 589 g/mol. The van der Waals surface area contributed by atoms with Crippen LogP contribution in [0, 0.1) is 0 Å². The predicted molar refractivity (Wildman–Crippen MR) is 188 cm³/mol. The maximum atomic E-state index is 5.10. The summed E-state index contributed by atoms with van der Waals surface area (Å²) in [4.78, 5) is 20.0. The highest BCUT2D eigenvalue weighted by Crippen LogP contribution is 2.51. The third-order valence-electron chi connectivity index (χ3n) is 8.13. The molecule has 0 amide bonds. The van der Waals surface area contributed by atoms with Crippen LogP contribution in [0.25, 0.3) is 54.3 Å². The van der Waals surface area contributed by atoms with E-state index in [4.69, 9.17) is 15.0 Å². The van der Waals surface area contributed by atoms with E-state index in [1.165, 1.54) is 41.3 Å². The number of benzene rings is 6. The first-order valence-electron chi connectivity index (χ1n) is 14.8. The topological polar surface area (TPSA) is 41.9 Å². The maximum absolute atomic E-state index is 5.10. The third kappa shape index (κ3) is 4.49. The summed E-state index contributed by atoms with van der Waals surface area (Å²) in [6, 6.07) is 50.8. The van der Waals surface area contributed by atoms with Gasteiger partial charge in [-0.15, -0.1) is 11.3 Å². The van der Waals surface area contributed by atoms with E-state index >= 15 is 0 Å². The Hall–Kier alpha value is -5.30. The van der Waals surface area contributed by atoms with Gasteiger partial charge in [0.15, 0.2) is 17.5 Å². The monoisotopic (exact) mass is 612 g/mol. The molecule has 0 saturated heterocycles. The lowest BCUT2D eigenvalue weighted by Gasteiger charge is -2.32. The molecule has 9 rings (SSSR count). The van der Waals surface area contributed by atoms with Crippen LogP contribution in [0.4, 0.5) is 17.1 Å². The van der Waals surface area contributed by atoms with Crippen molar-refractivity contribution >= 4 is 60.3 Å². The molecule has 0 aliphatic carbocycles. The molecule has 6 heteroatoms. The molecule has 1 aliphatic heterocycles. The standard InChI is InChI=1S/C39H24N4S2/c1-2-11-25(12-3-1)37-40-38(42-39(41-37)30-15-10-14-29-28-13-4-7-18-33(28)45-36(29)30)26-21-23-27(24-22-26)43-31-16-5-8-19-34(31)44-35-20-9-6-17-32(35)43/h1-24H. The van der Waals surface area contributed by atoms with Crippen molar-refractivity contribution in [1.29, 1.82) is 0 Å². The molecule has 2 aromatic heterocycles. The minimum Gasteiger partial charge on any atom is -0.308 e. The smallest absolute Gasteiger partial charge is 0.165 e. The molecule has 0 saturated carbocycles. The first kappa shape index (κ1) is 26.1. The van der Waals surface area contributed by atoms with Crippen molar-refractivity contribution in [1.82, 2.24) is 15.0 Å². The van der Waals surface area contributed by atoms with Gasteiger partial charge in [-0.3, -0.25) is 0 Å². The zero-order chi connectivity index (χ0) is 29.7. The van der Waals surface area contributed by atoms with Crippen molar-refractivity contribution in [2.75, 3.05) is 4.90 Å². The summed E-state index contributed by atoms with van der Waals surface area (Å²) in [5.41, 5.74) is 6.37. The predicted octanol–water partition coefficient (Wildman–Crippen LogP) is 11.2. The Morgan fingerprint density at radius 3 is 1.76 bits per heavy atom. The Morgan fingerprint density at radius 2 is 1.02 bits per heavy atom. The second-order valence-electron chi connectivity index (χ2n) is 10.9. The van der Waals surface area contributed by atoms with Crippen LogP contribution in [0.5, 0.6) is 0 Å². The van der Waals surface area contributed by atoms with Gasteiger partial charge in [-0.2, -0.15) is 0 Å². The molecule has 1 aliphatic rings. The summed E-state index contributed by atoms with van der Waals surface area (Å²) >= 11 is 3.60. The van der Waals surface area contributed by atoms with E-state index in [0.717, 1.165) is 22.4 Å². The number of para-hydroxylation sites is 2. The van der Waals surface area contributed by atoms with Crippen LogP contribution >= 0.6 is 23.1 Å². The lowest BCUT2D eigenvalue weighted by atomic mass is 10.1. The normalized spacial score (nSPS) is 12.3. The molecule has 0 radical (unpaired) electrons. The Morgan fingerprint density at radius 1 is 0.444 bits per heavy atom. The van der Waals surface area contributed by atoms with Crippen LogP contribution in [0.15, 0.2) is 155 Å². The van der Waals surface area contributed by atoms with Crippen molar-refractivity contribution in [2.24, 2.45) is 0 Å². The van der Waals surface area contributed by atoms with Crippen molar-refractivity contribution < 1.29 is 0 Å². The summed E-state index contributed by atoms with van der Waals surface area (Å²) in [6.07, 6.45) is 0. The van der Waals surface area contributed by atoms with Crippen LogP contribution in [0.1, 0.15) is 0 Å². The quantitative estimate of drug-likeness (QED) is 0.198. The zero-order valence-electron chi connectivity index (χ0n) is 24.0. The molecule has 45 heavy (non-hydrogen) atoms. The van der Waals surface area contributed by atoms with Crippen LogP contribution in [-0.2, 0) is 0 Å². The number of rotatable bonds is 4. The van der Waals surface area contributed by atoms with Gasteiger partial charge in [-0.05, 0) is 60.7 Å². The van der Waals surface area contributed by atoms with Gasteiger partial charge in [0.25, 0.3) is 0 Å². The van der Waals surface area contributed by atoms with E-state index < -0.39 is 0 Å². The van der Waals surface area contributed by atoms with Gasteiger partial charge in [0.1, 0.15) is 0 Å². The number of hydrogen-bond acceptors (Lipinski definition) is 6. The molecule has 0 bridgehead atoms. The molecule has 0 N–H and O–H groups in total. The average Bonchev–Trinajstić information content (AvgIpc) is 3.50. The van der Waals surface area contributed by atoms with E-state index in [0.29, 0.717) is 17.5 Å². The molecular formula is C39H24N4S2. The number of aromatic nitrogens is 3. The van der Waals surface area contributed by atoms with Crippen molar-refractivity contribution in [3.05, 3.63) is 146 Å². The van der Waals surface area contributed by atoms with E-state index in [1.54, 1.807) is 11.3 Å².